The zero-order chi connectivity index (χ0) is 4.28. The van der Waals surface area contributed by atoms with E-state index in [9.17, 15) is 0 Å². The monoisotopic (exact) mass is 90.0 g/mol. The molecule has 30 valence electrons. The van der Waals surface area contributed by atoms with Gasteiger partial charge in [-0.3, -0.25) is 0 Å². The van der Waals surface area contributed by atoms with Gasteiger partial charge in [-0.1, -0.05) is 0 Å². The number of hydrogen-bond acceptors (Lipinski definition) is 1. The molecule has 3 heteroatoms. The SMILES string of the molecule is B#[SH](C)OC. The topological polar surface area (TPSA) is 9.23 Å². The fourth-order valence-corrected chi connectivity index (χ4v) is 0. The molecule has 0 rings (SSSR count). The van der Waals surface area contributed by atoms with Crippen molar-refractivity contribution in [3.63, 3.8) is 0 Å². The van der Waals surface area contributed by atoms with Crippen molar-refractivity contribution in [2.75, 3.05) is 13.4 Å². The van der Waals surface area contributed by atoms with Gasteiger partial charge in [0.05, 0.1) is 0 Å². The van der Waals surface area contributed by atoms with Crippen LogP contribution in [0.1, 0.15) is 0 Å². The van der Waals surface area contributed by atoms with E-state index in [1.165, 1.54) is 0 Å². The third-order valence-electron chi connectivity index (χ3n) is 0.288. The van der Waals surface area contributed by atoms with Crippen molar-refractivity contribution in [2.45, 2.75) is 0 Å². The summed E-state index contributed by atoms with van der Waals surface area (Å²) >= 11 is 0. The van der Waals surface area contributed by atoms with Crippen LogP contribution in [0, 0.1) is 0 Å². The van der Waals surface area contributed by atoms with Crippen molar-refractivity contribution in [1.29, 1.82) is 0 Å². The van der Waals surface area contributed by atoms with E-state index in [-0.39, 0.29) is 0 Å². The Balaban J connectivity index is 2.97. The molecule has 0 spiro atoms. The van der Waals surface area contributed by atoms with E-state index in [0.717, 1.165) is 0 Å². The van der Waals surface area contributed by atoms with Crippen LogP contribution in [0.2, 0.25) is 0 Å². The molecule has 1 atom stereocenters. The number of thiol groups is 1. The van der Waals surface area contributed by atoms with Crippen LogP contribution in [0.25, 0.3) is 0 Å². The number of rotatable bonds is 0. The molecule has 0 N–H and O–H groups in total. The van der Waals surface area contributed by atoms with Gasteiger partial charge in [0, 0.05) is 0 Å². The van der Waals surface area contributed by atoms with E-state index in [0.29, 0.717) is 0 Å². The summed E-state index contributed by atoms with van der Waals surface area (Å²) in [4.78, 5) is 0. The van der Waals surface area contributed by atoms with E-state index in [4.69, 9.17) is 6.53 Å². The normalized spacial score (nSPS) is 15.2. The zero-order valence-corrected chi connectivity index (χ0v) is 4.33. The molecular weight excluding hydrogens is 82.9 g/mol. The van der Waals surface area contributed by atoms with Gasteiger partial charge in [0.15, 0.2) is 0 Å². The predicted octanol–water partition coefficient (Wildman–Crippen LogP) is 0.262. The molecule has 0 aliphatic rings. The Labute approximate surface area is 35.4 Å². The third kappa shape index (κ3) is 4.37. The molecule has 0 aliphatic heterocycles. The maximum atomic E-state index is 5.13. The number of hydrogen-bond donors (Lipinski definition) is 1. The van der Waals surface area contributed by atoms with Gasteiger partial charge in [-0.25, -0.2) is 0 Å². The fraction of sp³-hybridized carbons (Fsp3) is 1.00. The second-order valence-electron chi connectivity index (χ2n) is 0.729. The van der Waals surface area contributed by atoms with Crippen molar-refractivity contribution in [2.24, 2.45) is 0 Å². The van der Waals surface area contributed by atoms with Gasteiger partial charge in [-0.2, -0.15) is 0 Å². The third-order valence-corrected chi connectivity index (χ3v) is 0.864. The molecule has 0 aromatic carbocycles. The summed E-state index contributed by atoms with van der Waals surface area (Å²) in [6.07, 6.45) is 1.84. The Kier molecular flexibility index (Phi) is 2.80. The van der Waals surface area contributed by atoms with Crippen LogP contribution in [0.15, 0.2) is 0 Å². The van der Waals surface area contributed by atoms with Crippen LogP contribution in [0.4, 0.5) is 0 Å². The summed E-state index contributed by atoms with van der Waals surface area (Å²) in [6, 6.07) is 0. The molecule has 0 aromatic heterocycles. The van der Waals surface area contributed by atoms with Crippen molar-refractivity contribution in [3.05, 3.63) is 0 Å². The molecule has 0 heterocycles. The average Bonchev–Trinajstić information content (AvgIpc) is 1.38. The minimum atomic E-state index is -0.598. The summed E-state index contributed by atoms with van der Waals surface area (Å²) in [5.74, 6) is 0. The zero-order valence-electron chi connectivity index (χ0n) is 3.43. The first-order valence-electron chi connectivity index (χ1n) is 1.30. The minimum absolute atomic E-state index is 0.598. The summed E-state index contributed by atoms with van der Waals surface area (Å²) in [6.45, 7) is 5.13. The summed E-state index contributed by atoms with van der Waals surface area (Å²) in [5.41, 5.74) is 0. The Bertz CT molecular complexity index is 71.5. The maximum absolute atomic E-state index is 5.13. The molecule has 0 saturated heterocycles. The van der Waals surface area contributed by atoms with Crippen LogP contribution in [-0.4, -0.2) is 19.9 Å². The van der Waals surface area contributed by atoms with Gasteiger partial charge in [-0.05, 0) is 0 Å². The molecular formula is C2H7BOS. The molecule has 1 unspecified atom stereocenters. The van der Waals surface area contributed by atoms with Gasteiger partial charge in [0.2, 0.25) is 0 Å². The van der Waals surface area contributed by atoms with Gasteiger partial charge < -0.3 is 0 Å². The summed E-state index contributed by atoms with van der Waals surface area (Å²) in [7, 11) is 1.00. The predicted molar refractivity (Wildman–Crippen MR) is 27.7 cm³/mol. The van der Waals surface area contributed by atoms with Crippen molar-refractivity contribution >= 4 is 16.9 Å². The first kappa shape index (κ1) is 5.37. The van der Waals surface area contributed by atoms with Crippen molar-refractivity contribution in [1.82, 2.24) is 0 Å². The Morgan fingerprint density at radius 2 is 2.00 bits per heavy atom. The van der Waals surface area contributed by atoms with Crippen LogP contribution in [-0.2, 0) is 4.18 Å². The van der Waals surface area contributed by atoms with E-state index < -0.39 is 10.4 Å². The van der Waals surface area contributed by atoms with Gasteiger partial charge in [0.1, 0.15) is 0 Å². The Hall–Kier alpha value is 0.375. The van der Waals surface area contributed by atoms with E-state index >= 15 is 0 Å². The molecule has 5 heavy (non-hydrogen) atoms. The van der Waals surface area contributed by atoms with Crippen LogP contribution < -0.4 is 0 Å². The van der Waals surface area contributed by atoms with Crippen LogP contribution in [0.5, 0.6) is 0 Å². The Morgan fingerprint density at radius 3 is 2.00 bits per heavy atom. The van der Waals surface area contributed by atoms with Crippen molar-refractivity contribution < 1.29 is 4.18 Å². The average molecular weight is 90.0 g/mol. The fourth-order valence-electron chi connectivity index (χ4n) is 0. The molecule has 0 amide bonds. The molecule has 0 aromatic rings. The second-order valence-corrected chi connectivity index (χ2v) is 2.19. The molecule has 1 nitrogen and oxygen atoms in total. The summed E-state index contributed by atoms with van der Waals surface area (Å²) < 4.78 is 4.59. The molecule has 0 bridgehead atoms. The van der Waals surface area contributed by atoms with E-state index in [1.807, 2.05) is 6.26 Å². The van der Waals surface area contributed by atoms with Crippen LogP contribution >= 0.6 is 10.4 Å². The van der Waals surface area contributed by atoms with Crippen LogP contribution in [0.3, 0.4) is 0 Å². The van der Waals surface area contributed by atoms with Crippen molar-refractivity contribution in [3.8, 4) is 0 Å². The van der Waals surface area contributed by atoms with Gasteiger partial charge in [0.25, 0.3) is 0 Å². The first-order chi connectivity index (χ1) is 2.27. The Morgan fingerprint density at radius 1 is 1.80 bits per heavy atom. The molecule has 0 fully saturated rings. The van der Waals surface area contributed by atoms with E-state index in [1.54, 1.807) is 7.11 Å². The molecule has 0 radical (unpaired) electrons. The quantitative estimate of drug-likeness (QED) is 0.331. The van der Waals surface area contributed by atoms with Gasteiger partial charge >= 0.3 is 34.5 Å². The van der Waals surface area contributed by atoms with Gasteiger partial charge in [-0.15, -0.1) is 0 Å². The first-order valence-corrected chi connectivity index (χ1v) is 3.07. The molecule has 0 aliphatic carbocycles. The summed E-state index contributed by atoms with van der Waals surface area (Å²) in [5, 5.41) is 0. The molecule has 0 saturated carbocycles. The van der Waals surface area contributed by atoms with E-state index in [2.05, 4.69) is 4.18 Å². The standard InChI is InChI=1S/C2H7BOS/c1-4-5(2)3/h5H,1-2H3. The second kappa shape index (κ2) is 2.60.